The van der Waals surface area contributed by atoms with Crippen LogP contribution in [-0.2, 0) is 9.47 Å². The average molecular weight is 228 g/mol. The van der Waals surface area contributed by atoms with E-state index in [1.807, 2.05) is 35.4 Å². The Morgan fingerprint density at radius 2 is 1.23 bits per heavy atom. The zero-order valence-corrected chi connectivity index (χ0v) is 10.0. The van der Waals surface area contributed by atoms with E-state index in [4.69, 9.17) is 9.47 Å². The van der Waals surface area contributed by atoms with E-state index in [1.165, 1.54) is 0 Å². The van der Waals surface area contributed by atoms with Gasteiger partial charge in [0.2, 0.25) is 0 Å². The zero-order chi connectivity index (χ0) is 9.07. The molecular formula is C8H20O3S2. The minimum absolute atomic E-state index is 0. The van der Waals surface area contributed by atoms with Crippen LogP contribution in [0.2, 0.25) is 0 Å². The van der Waals surface area contributed by atoms with Crippen LogP contribution >= 0.6 is 21.6 Å². The molecular weight excluding hydrogens is 208 g/mol. The summed E-state index contributed by atoms with van der Waals surface area (Å²) in [5.74, 6) is 2.15. The highest BCUT2D eigenvalue weighted by molar-refractivity contribution is 8.76. The van der Waals surface area contributed by atoms with Gasteiger partial charge >= 0.3 is 0 Å². The fourth-order valence-corrected chi connectivity index (χ4v) is 2.32. The second kappa shape index (κ2) is 15.1. The lowest BCUT2D eigenvalue weighted by Gasteiger charge is -2.01. The molecule has 0 aliphatic carbocycles. The van der Waals surface area contributed by atoms with Gasteiger partial charge in [0.25, 0.3) is 0 Å². The third-order valence-electron chi connectivity index (χ3n) is 1.11. The molecule has 0 fully saturated rings. The van der Waals surface area contributed by atoms with Crippen molar-refractivity contribution < 1.29 is 14.9 Å². The first-order valence-electron chi connectivity index (χ1n) is 4.31. The summed E-state index contributed by atoms with van der Waals surface area (Å²) in [7, 11) is 3.71. The molecule has 0 aliphatic rings. The van der Waals surface area contributed by atoms with E-state index in [1.54, 1.807) is 0 Å². The lowest BCUT2D eigenvalue weighted by molar-refractivity contribution is 0.164. The van der Waals surface area contributed by atoms with Crippen LogP contribution in [0.3, 0.4) is 0 Å². The number of hydrogen-bond acceptors (Lipinski definition) is 4. The second-order valence-electron chi connectivity index (χ2n) is 2.04. The van der Waals surface area contributed by atoms with E-state index in [2.05, 4.69) is 0 Å². The summed E-state index contributed by atoms with van der Waals surface area (Å²) in [5, 5.41) is 0. The predicted molar refractivity (Wildman–Crippen MR) is 61.5 cm³/mol. The molecule has 0 aromatic rings. The monoisotopic (exact) mass is 228 g/mol. The van der Waals surface area contributed by atoms with Gasteiger partial charge in [-0.2, -0.15) is 0 Å². The van der Waals surface area contributed by atoms with Gasteiger partial charge in [-0.15, -0.1) is 0 Å². The van der Waals surface area contributed by atoms with Crippen LogP contribution in [0.1, 0.15) is 13.8 Å². The predicted octanol–water partition coefficient (Wildman–Crippen LogP) is 1.62. The summed E-state index contributed by atoms with van der Waals surface area (Å²) < 4.78 is 10.4. The first kappa shape index (κ1) is 16.0. The van der Waals surface area contributed by atoms with Crippen molar-refractivity contribution in [1.82, 2.24) is 0 Å². The van der Waals surface area contributed by atoms with Crippen molar-refractivity contribution in [2.45, 2.75) is 13.8 Å². The van der Waals surface area contributed by atoms with E-state index in [-0.39, 0.29) is 5.48 Å². The Morgan fingerprint density at radius 1 is 0.846 bits per heavy atom. The third-order valence-corrected chi connectivity index (χ3v) is 3.45. The fraction of sp³-hybridized carbons (Fsp3) is 1.00. The Morgan fingerprint density at radius 3 is 1.54 bits per heavy atom. The lowest BCUT2D eigenvalue weighted by atomic mass is 10.8. The molecule has 13 heavy (non-hydrogen) atoms. The average Bonchev–Trinajstić information content (AvgIpc) is 2.10. The quantitative estimate of drug-likeness (QED) is 0.444. The van der Waals surface area contributed by atoms with Crippen LogP contribution in [0.15, 0.2) is 0 Å². The molecule has 82 valence electrons. The van der Waals surface area contributed by atoms with E-state index >= 15 is 0 Å². The number of ether oxygens (including phenoxy) is 2. The van der Waals surface area contributed by atoms with Crippen LogP contribution in [0.5, 0.6) is 0 Å². The molecule has 0 saturated carbocycles. The molecule has 3 nitrogen and oxygen atoms in total. The molecule has 0 rings (SSSR count). The Labute approximate surface area is 88.6 Å². The van der Waals surface area contributed by atoms with Gasteiger partial charge in [0.1, 0.15) is 0 Å². The summed E-state index contributed by atoms with van der Waals surface area (Å²) in [6.45, 7) is 7.42. The summed E-state index contributed by atoms with van der Waals surface area (Å²) in [4.78, 5) is 0. The first-order valence-corrected chi connectivity index (χ1v) is 6.80. The number of hydrogen-bond donors (Lipinski definition) is 0. The van der Waals surface area contributed by atoms with Gasteiger partial charge in [0.05, 0.1) is 13.2 Å². The van der Waals surface area contributed by atoms with Crippen LogP contribution in [-0.4, -0.2) is 43.4 Å². The smallest absolute Gasteiger partial charge is 0.0564 e. The van der Waals surface area contributed by atoms with Gasteiger partial charge in [0.15, 0.2) is 0 Å². The minimum Gasteiger partial charge on any atom is -0.412 e. The van der Waals surface area contributed by atoms with Gasteiger partial charge in [-0.05, 0) is 13.8 Å². The van der Waals surface area contributed by atoms with E-state index in [0.717, 1.165) is 37.9 Å². The van der Waals surface area contributed by atoms with Crippen LogP contribution in [0.25, 0.3) is 0 Å². The standard InChI is InChI=1S/C8H18O2S2.H2O/c1-3-9-5-7-11-12-8-6-10-4-2;/h3-8H2,1-2H3;1H2. The van der Waals surface area contributed by atoms with Gasteiger partial charge in [0, 0.05) is 24.7 Å². The first-order chi connectivity index (χ1) is 5.91. The number of rotatable bonds is 9. The largest absolute Gasteiger partial charge is 0.412 e. The maximum atomic E-state index is 5.20. The molecule has 0 aliphatic heterocycles. The van der Waals surface area contributed by atoms with Gasteiger partial charge < -0.3 is 14.9 Å². The summed E-state index contributed by atoms with van der Waals surface area (Å²) in [5.41, 5.74) is 0. The molecule has 5 heteroatoms. The van der Waals surface area contributed by atoms with Crippen molar-refractivity contribution in [1.29, 1.82) is 0 Å². The summed E-state index contributed by atoms with van der Waals surface area (Å²) >= 11 is 0. The molecule has 0 spiro atoms. The van der Waals surface area contributed by atoms with Gasteiger partial charge in [-0.1, -0.05) is 21.6 Å². The highest BCUT2D eigenvalue weighted by Crippen LogP contribution is 2.19. The molecule has 0 atom stereocenters. The van der Waals surface area contributed by atoms with Crippen molar-refractivity contribution in [2.75, 3.05) is 37.9 Å². The summed E-state index contributed by atoms with van der Waals surface area (Å²) in [6, 6.07) is 0. The molecule has 0 aromatic heterocycles. The minimum atomic E-state index is 0. The lowest BCUT2D eigenvalue weighted by Crippen LogP contribution is -1.97. The molecule has 0 unspecified atom stereocenters. The molecule has 0 aromatic carbocycles. The molecule has 0 saturated heterocycles. The maximum absolute atomic E-state index is 5.20. The van der Waals surface area contributed by atoms with Crippen molar-refractivity contribution >= 4 is 21.6 Å². The van der Waals surface area contributed by atoms with E-state index in [0.29, 0.717) is 0 Å². The van der Waals surface area contributed by atoms with Crippen molar-refractivity contribution in [3.05, 3.63) is 0 Å². The Bertz CT molecular complexity index is 73.8. The molecule has 0 heterocycles. The van der Waals surface area contributed by atoms with Gasteiger partial charge in [-0.25, -0.2) is 0 Å². The van der Waals surface area contributed by atoms with Crippen LogP contribution in [0, 0.1) is 0 Å². The Hall–Kier alpha value is 0.580. The van der Waals surface area contributed by atoms with E-state index < -0.39 is 0 Å². The van der Waals surface area contributed by atoms with Crippen molar-refractivity contribution in [3.8, 4) is 0 Å². The van der Waals surface area contributed by atoms with Crippen molar-refractivity contribution in [2.24, 2.45) is 0 Å². The highest BCUT2D eigenvalue weighted by atomic mass is 33.1. The molecule has 0 bridgehead atoms. The Kier molecular flexibility index (Phi) is 18.6. The third kappa shape index (κ3) is 15.3. The van der Waals surface area contributed by atoms with Crippen LogP contribution < -0.4 is 0 Å². The molecule has 2 N–H and O–H groups in total. The maximum Gasteiger partial charge on any atom is 0.0564 e. The van der Waals surface area contributed by atoms with Gasteiger partial charge in [-0.3, -0.25) is 0 Å². The highest BCUT2D eigenvalue weighted by Gasteiger charge is 1.90. The topological polar surface area (TPSA) is 50.0 Å². The molecule has 0 amide bonds. The zero-order valence-electron chi connectivity index (χ0n) is 8.38. The normalized spacial score (nSPS) is 9.69. The second-order valence-corrected chi connectivity index (χ2v) is 4.74. The SMILES string of the molecule is CCOCCSSCCOCC.O. The van der Waals surface area contributed by atoms with Crippen LogP contribution in [0.4, 0.5) is 0 Å². The molecule has 0 radical (unpaired) electrons. The fourth-order valence-electron chi connectivity index (χ4n) is 0.592. The Balaban J connectivity index is 0. The van der Waals surface area contributed by atoms with Crippen molar-refractivity contribution in [3.63, 3.8) is 0 Å². The van der Waals surface area contributed by atoms with E-state index in [9.17, 15) is 0 Å². The summed E-state index contributed by atoms with van der Waals surface area (Å²) in [6.07, 6.45) is 0.